The van der Waals surface area contributed by atoms with E-state index >= 15 is 0 Å². The van der Waals surface area contributed by atoms with E-state index in [2.05, 4.69) is 16.0 Å². The molecule has 6 nitrogen and oxygen atoms in total. The zero-order valence-electron chi connectivity index (χ0n) is 11.7. The van der Waals surface area contributed by atoms with Gasteiger partial charge in [-0.2, -0.15) is 0 Å². The lowest BCUT2D eigenvalue weighted by molar-refractivity contribution is -0.115. The molecule has 0 bridgehead atoms. The van der Waals surface area contributed by atoms with Crippen LogP contribution in [0, 0.1) is 0 Å². The number of hydrogen-bond donors (Lipinski definition) is 3. The Morgan fingerprint density at radius 3 is 2.65 bits per heavy atom. The first kappa shape index (κ1) is 14.3. The van der Waals surface area contributed by atoms with E-state index in [0.29, 0.717) is 23.2 Å². The Balaban J connectivity index is 2.02. The van der Waals surface area contributed by atoms with Gasteiger partial charge in [-0.1, -0.05) is 0 Å². The van der Waals surface area contributed by atoms with Crippen LogP contribution in [-0.4, -0.2) is 31.5 Å². The van der Waals surface area contributed by atoms with E-state index in [-0.39, 0.29) is 18.4 Å². The fraction of sp³-hybridized carbons (Fsp3) is 0.429. The summed E-state index contributed by atoms with van der Waals surface area (Å²) in [6.07, 6.45) is 2.27. The lowest BCUT2D eigenvalue weighted by Crippen LogP contribution is -2.29. The van der Waals surface area contributed by atoms with Gasteiger partial charge >= 0.3 is 0 Å². The Kier molecular flexibility index (Phi) is 4.57. The van der Waals surface area contributed by atoms with Crippen molar-refractivity contribution in [2.75, 3.05) is 24.3 Å². The molecule has 0 aliphatic heterocycles. The summed E-state index contributed by atoms with van der Waals surface area (Å²) in [7, 11) is 1.53. The molecule has 1 aromatic carbocycles. The number of nitrogens with one attached hydrogen (secondary N) is 3. The van der Waals surface area contributed by atoms with Crippen LogP contribution in [0.5, 0.6) is 5.75 Å². The van der Waals surface area contributed by atoms with Crippen LogP contribution in [-0.2, 0) is 9.59 Å². The van der Waals surface area contributed by atoms with Crippen molar-refractivity contribution in [3.05, 3.63) is 18.2 Å². The highest BCUT2D eigenvalue weighted by Crippen LogP contribution is 2.27. The molecule has 2 rings (SSSR count). The van der Waals surface area contributed by atoms with Crippen molar-refractivity contribution in [1.29, 1.82) is 0 Å². The number of hydrogen-bond acceptors (Lipinski definition) is 4. The van der Waals surface area contributed by atoms with Gasteiger partial charge in [0.05, 0.1) is 19.3 Å². The standard InChI is InChI=1S/C14H19N3O3/c1-9(18)16-11-5-6-13(20-2)12(7-11)17-14(19)8-15-10-3-4-10/h5-7,10,15H,3-4,8H2,1-2H3,(H,16,18)(H,17,19). The van der Waals surface area contributed by atoms with E-state index < -0.39 is 0 Å². The Bertz CT molecular complexity index is 512. The number of rotatable bonds is 6. The lowest BCUT2D eigenvalue weighted by atomic mass is 10.2. The fourth-order valence-electron chi connectivity index (χ4n) is 1.81. The smallest absolute Gasteiger partial charge is 0.238 e. The van der Waals surface area contributed by atoms with Gasteiger partial charge < -0.3 is 20.7 Å². The Labute approximate surface area is 117 Å². The molecule has 1 saturated carbocycles. The second-order valence-electron chi connectivity index (χ2n) is 4.80. The summed E-state index contributed by atoms with van der Waals surface area (Å²) in [5.41, 5.74) is 1.16. The first-order chi connectivity index (χ1) is 9.58. The molecule has 6 heteroatoms. The molecule has 0 spiro atoms. The van der Waals surface area contributed by atoms with Crippen LogP contribution in [0.15, 0.2) is 18.2 Å². The normalized spacial score (nSPS) is 13.7. The fourth-order valence-corrected chi connectivity index (χ4v) is 1.81. The molecule has 2 amide bonds. The van der Waals surface area contributed by atoms with Crippen molar-refractivity contribution >= 4 is 23.2 Å². The number of methoxy groups -OCH3 is 1. The van der Waals surface area contributed by atoms with Gasteiger partial charge in [-0.3, -0.25) is 9.59 Å². The summed E-state index contributed by atoms with van der Waals surface area (Å²) in [6.45, 7) is 1.71. The summed E-state index contributed by atoms with van der Waals surface area (Å²) in [5, 5.41) is 8.59. The molecule has 0 radical (unpaired) electrons. The van der Waals surface area contributed by atoms with E-state index in [1.165, 1.54) is 14.0 Å². The second kappa shape index (κ2) is 6.38. The quantitative estimate of drug-likeness (QED) is 0.733. The minimum Gasteiger partial charge on any atom is -0.495 e. The van der Waals surface area contributed by atoms with Crippen molar-refractivity contribution in [3.8, 4) is 5.75 Å². The van der Waals surface area contributed by atoms with Crippen LogP contribution in [0.1, 0.15) is 19.8 Å². The molecule has 0 saturated heterocycles. The molecule has 1 aliphatic carbocycles. The molecule has 0 unspecified atom stereocenters. The van der Waals surface area contributed by atoms with Crippen molar-refractivity contribution in [2.45, 2.75) is 25.8 Å². The van der Waals surface area contributed by atoms with E-state index in [1.54, 1.807) is 18.2 Å². The minimum absolute atomic E-state index is 0.129. The third-order valence-corrected chi connectivity index (χ3v) is 2.92. The Morgan fingerprint density at radius 2 is 2.05 bits per heavy atom. The zero-order valence-corrected chi connectivity index (χ0v) is 11.7. The van der Waals surface area contributed by atoms with E-state index in [4.69, 9.17) is 4.74 Å². The Morgan fingerprint density at radius 1 is 1.30 bits per heavy atom. The van der Waals surface area contributed by atoms with E-state index in [1.807, 2.05) is 0 Å². The topological polar surface area (TPSA) is 79.5 Å². The molecular formula is C14H19N3O3. The van der Waals surface area contributed by atoms with Crippen molar-refractivity contribution in [1.82, 2.24) is 5.32 Å². The third kappa shape index (κ3) is 4.24. The first-order valence-corrected chi connectivity index (χ1v) is 6.57. The minimum atomic E-state index is -0.164. The highest BCUT2D eigenvalue weighted by molar-refractivity contribution is 5.95. The van der Waals surface area contributed by atoms with Crippen molar-refractivity contribution in [2.24, 2.45) is 0 Å². The molecule has 1 fully saturated rings. The summed E-state index contributed by atoms with van der Waals surface area (Å²) in [5.74, 6) is 0.261. The van der Waals surface area contributed by atoms with Crippen LogP contribution in [0.25, 0.3) is 0 Å². The van der Waals surface area contributed by atoms with Crippen molar-refractivity contribution < 1.29 is 14.3 Å². The van der Waals surface area contributed by atoms with Gasteiger partial charge in [-0.25, -0.2) is 0 Å². The van der Waals surface area contributed by atoms with Crippen LogP contribution < -0.4 is 20.7 Å². The summed E-state index contributed by atoms with van der Waals surface area (Å²) < 4.78 is 5.20. The van der Waals surface area contributed by atoms with Gasteiger partial charge in [0.1, 0.15) is 5.75 Å². The maximum absolute atomic E-state index is 11.8. The average Bonchev–Trinajstić information content (AvgIpc) is 3.20. The second-order valence-corrected chi connectivity index (χ2v) is 4.80. The molecule has 1 aromatic rings. The first-order valence-electron chi connectivity index (χ1n) is 6.57. The predicted octanol–water partition coefficient (Wildman–Crippen LogP) is 1.34. The summed E-state index contributed by atoms with van der Waals surface area (Å²) in [6, 6.07) is 5.58. The molecule has 0 aromatic heterocycles. The van der Waals surface area contributed by atoms with Crippen LogP contribution in [0.3, 0.4) is 0 Å². The summed E-state index contributed by atoms with van der Waals surface area (Å²) >= 11 is 0. The zero-order chi connectivity index (χ0) is 14.5. The van der Waals surface area contributed by atoms with Crippen molar-refractivity contribution in [3.63, 3.8) is 0 Å². The maximum atomic E-state index is 11.8. The number of amides is 2. The van der Waals surface area contributed by atoms with Crippen LogP contribution >= 0.6 is 0 Å². The highest BCUT2D eigenvalue weighted by atomic mass is 16.5. The largest absolute Gasteiger partial charge is 0.495 e. The SMILES string of the molecule is COc1ccc(NC(C)=O)cc1NC(=O)CNC1CC1. The number of anilines is 2. The van der Waals surface area contributed by atoms with Gasteiger partial charge in [0.15, 0.2) is 0 Å². The van der Waals surface area contributed by atoms with Gasteiger partial charge in [0.25, 0.3) is 0 Å². The number of benzene rings is 1. The third-order valence-electron chi connectivity index (χ3n) is 2.92. The molecule has 0 heterocycles. The molecule has 0 atom stereocenters. The van der Waals surface area contributed by atoms with Gasteiger partial charge in [-0.05, 0) is 31.0 Å². The van der Waals surface area contributed by atoms with E-state index in [0.717, 1.165) is 12.8 Å². The molecular weight excluding hydrogens is 258 g/mol. The molecule has 3 N–H and O–H groups in total. The number of carbonyl (C=O) groups excluding carboxylic acids is 2. The van der Waals surface area contributed by atoms with E-state index in [9.17, 15) is 9.59 Å². The molecule has 1 aliphatic rings. The monoisotopic (exact) mass is 277 g/mol. The average molecular weight is 277 g/mol. The molecule has 108 valence electrons. The molecule has 20 heavy (non-hydrogen) atoms. The van der Waals surface area contributed by atoms with Crippen LogP contribution in [0.2, 0.25) is 0 Å². The summed E-state index contributed by atoms with van der Waals surface area (Å²) in [4.78, 5) is 22.9. The predicted molar refractivity (Wildman–Crippen MR) is 77.0 cm³/mol. The maximum Gasteiger partial charge on any atom is 0.238 e. The van der Waals surface area contributed by atoms with Crippen LogP contribution in [0.4, 0.5) is 11.4 Å². The number of carbonyl (C=O) groups is 2. The van der Waals surface area contributed by atoms with Gasteiger partial charge in [-0.15, -0.1) is 0 Å². The van der Waals surface area contributed by atoms with Gasteiger partial charge in [0.2, 0.25) is 11.8 Å². The van der Waals surface area contributed by atoms with Gasteiger partial charge in [0, 0.05) is 18.7 Å². The number of ether oxygens (including phenoxy) is 1. The highest BCUT2D eigenvalue weighted by Gasteiger charge is 2.21. The lowest BCUT2D eigenvalue weighted by Gasteiger charge is -2.12. The Hall–Kier alpha value is -2.08.